The molecule has 1 heterocycles. The second-order valence-corrected chi connectivity index (χ2v) is 9.17. The predicted octanol–water partition coefficient (Wildman–Crippen LogP) is 3.47. The lowest BCUT2D eigenvalue weighted by Gasteiger charge is -2.55. The normalized spacial score (nSPS) is 31.6. The molecule has 4 bridgehead atoms. The first-order chi connectivity index (χ1) is 13.6. The number of hydrogen-bond donors (Lipinski definition) is 2. The minimum atomic E-state index is -0.108. The topological polar surface area (TPSA) is 76.7 Å². The molecule has 2 amide bonds. The lowest BCUT2D eigenvalue weighted by atomic mass is 9.49. The van der Waals surface area contributed by atoms with Gasteiger partial charge in [0, 0.05) is 30.1 Å². The van der Waals surface area contributed by atoms with Gasteiger partial charge in [0.05, 0.1) is 0 Å². The fraction of sp³-hybridized carbons (Fsp3) is 0.636. The van der Waals surface area contributed by atoms with Crippen molar-refractivity contribution in [2.45, 2.75) is 51.4 Å². The lowest BCUT2D eigenvalue weighted by molar-refractivity contribution is -0.146. The molecule has 0 saturated heterocycles. The summed E-state index contributed by atoms with van der Waals surface area (Å²) in [5.74, 6) is 3.84. The van der Waals surface area contributed by atoms with Crippen molar-refractivity contribution in [3.05, 3.63) is 18.2 Å². The molecule has 0 radical (unpaired) electrons. The molecule has 0 atom stereocenters. The summed E-state index contributed by atoms with van der Waals surface area (Å²) in [6, 6.07) is 5.37. The number of fused-ring (bicyclic) bond motifs is 1. The van der Waals surface area contributed by atoms with Crippen LogP contribution in [0.4, 0.5) is 5.69 Å². The maximum atomic E-state index is 12.9. The van der Waals surface area contributed by atoms with Crippen LogP contribution in [0.15, 0.2) is 18.2 Å². The van der Waals surface area contributed by atoms with Gasteiger partial charge in [-0.25, -0.2) is 0 Å². The van der Waals surface area contributed by atoms with Gasteiger partial charge in [-0.15, -0.1) is 0 Å². The van der Waals surface area contributed by atoms with Gasteiger partial charge in [-0.1, -0.05) is 0 Å². The van der Waals surface area contributed by atoms with Gasteiger partial charge in [-0.2, -0.15) is 0 Å². The van der Waals surface area contributed by atoms with E-state index in [0.717, 1.165) is 37.0 Å². The van der Waals surface area contributed by atoms with Crippen LogP contribution in [0.2, 0.25) is 0 Å². The number of ether oxygens (including phenoxy) is 2. The van der Waals surface area contributed by atoms with Crippen molar-refractivity contribution in [3.8, 4) is 11.5 Å². The van der Waals surface area contributed by atoms with E-state index < -0.39 is 0 Å². The van der Waals surface area contributed by atoms with E-state index in [-0.39, 0.29) is 24.0 Å². The Balaban J connectivity index is 1.07. The van der Waals surface area contributed by atoms with E-state index >= 15 is 0 Å². The SMILES string of the molecule is O=C(CCCNC(=O)C12CC3CC(CC(C3)C1)C2)Nc1ccc2c(c1)OCO2. The molecule has 6 rings (SSSR count). The predicted molar refractivity (Wildman–Crippen MR) is 104 cm³/mol. The molecule has 5 aliphatic rings. The Labute approximate surface area is 165 Å². The molecule has 1 aromatic carbocycles. The molecule has 2 N–H and O–H groups in total. The zero-order valence-electron chi connectivity index (χ0n) is 16.2. The fourth-order valence-electron chi connectivity index (χ4n) is 6.22. The Morgan fingerprint density at radius 2 is 1.68 bits per heavy atom. The van der Waals surface area contributed by atoms with E-state index in [9.17, 15) is 9.59 Å². The molecule has 6 nitrogen and oxygen atoms in total. The van der Waals surface area contributed by atoms with E-state index in [0.29, 0.717) is 36.6 Å². The molecular weight excluding hydrogens is 356 g/mol. The second kappa shape index (κ2) is 6.98. The fourth-order valence-corrected chi connectivity index (χ4v) is 6.22. The van der Waals surface area contributed by atoms with Crippen LogP contribution in [0.5, 0.6) is 11.5 Å². The number of carbonyl (C=O) groups excluding carboxylic acids is 2. The zero-order valence-corrected chi connectivity index (χ0v) is 16.2. The summed E-state index contributed by atoms with van der Waals surface area (Å²) in [6.07, 6.45) is 8.29. The van der Waals surface area contributed by atoms with Crippen molar-refractivity contribution in [2.75, 3.05) is 18.7 Å². The van der Waals surface area contributed by atoms with Crippen LogP contribution in [-0.2, 0) is 9.59 Å². The monoisotopic (exact) mass is 384 g/mol. The van der Waals surface area contributed by atoms with Crippen LogP contribution >= 0.6 is 0 Å². The highest BCUT2D eigenvalue weighted by Crippen LogP contribution is 2.60. The molecule has 4 fully saturated rings. The first kappa shape index (κ1) is 17.8. The molecule has 4 aliphatic carbocycles. The first-order valence-corrected chi connectivity index (χ1v) is 10.6. The van der Waals surface area contributed by atoms with E-state index in [2.05, 4.69) is 10.6 Å². The van der Waals surface area contributed by atoms with Crippen molar-refractivity contribution < 1.29 is 19.1 Å². The van der Waals surface area contributed by atoms with Gasteiger partial charge in [0.1, 0.15) is 0 Å². The summed E-state index contributed by atoms with van der Waals surface area (Å²) in [4.78, 5) is 25.1. The van der Waals surface area contributed by atoms with Crippen molar-refractivity contribution in [2.24, 2.45) is 23.2 Å². The third kappa shape index (κ3) is 3.33. The molecule has 4 saturated carbocycles. The van der Waals surface area contributed by atoms with E-state index in [1.807, 2.05) is 0 Å². The summed E-state index contributed by atoms with van der Waals surface area (Å²) >= 11 is 0. The largest absolute Gasteiger partial charge is 0.454 e. The standard InChI is InChI=1S/C22H28N2O4/c25-20(24-17-3-4-18-19(9-17)28-13-27-18)2-1-5-23-21(26)22-10-14-6-15(11-22)8-16(7-14)12-22/h3-4,9,14-16H,1-2,5-8,10-13H2,(H,23,26)(H,24,25). The highest BCUT2D eigenvalue weighted by atomic mass is 16.7. The Morgan fingerprint density at radius 3 is 2.39 bits per heavy atom. The average Bonchev–Trinajstić information content (AvgIpc) is 3.12. The quantitative estimate of drug-likeness (QED) is 0.737. The number of nitrogens with one attached hydrogen (secondary N) is 2. The number of hydrogen-bond acceptors (Lipinski definition) is 4. The molecule has 1 aromatic rings. The molecule has 6 heteroatoms. The summed E-state index contributed by atoms with van der Waals surface area (Å²) in [5, 5.41) is 6.02. The van der Waals surface area contributed by atoms with Gasteiger partial charge < -0.3 is 20.1 Å². The second-order valence-electron chi connectivity index (χ2n) is 9.17. The molecule has 28 heavy (non-hydrogen) atoms. The molecule has 150 valence electrons. The average molecular weight is 384 g/mol. The molecule has 1 aliphatic heterocycles. The highest BCUT2D eigenvalue weighted by Gasteiger charge is 2.54. The summed E-state index contributed by atoms with van der Waals surface area (Å²) in [7, 11) is 0. The Hall–Kier alpha value is -2.24. The molecule has 0 spiro atoms. The Kier molecular flexibility index (Phi) is 4.44. The summed E-state index contributed by atoms with van der Waals surface area (Å²) < 4.78 is 10.6. The Bertz CT molecular complexity index is 755. The van der Waals surface area contributed by atoms with Crippen LogP contribution in [0.1, 0.15) is 51.4 Å². The van der Waals surface area contributed by atoms with E-state index in [1.54, 1.807) is 18.2 Å². The van der Waals surface area contributed by atoms with Crippen LogP contribution < -0.4 is 20.1 Å². The summed E-state index contributed by atoms with van der Waals surface area (Å²) in [6.45, 7) is 0.783. The highest BCUT2D eigenvalue weighted by molar-refractivity contribution is 5.91. The van der Waals surface area contributed by atoms with Crippen LogP contribution in [0.3, 0.4) is 0 Å². The van der Waals surface area contributed by atoms with Crippen LogP contribution in [0.25, 0.3) is 0 Å². The van der Waals surface area contributed by atoms with Crippen molar-refractivity contribution in [3.63, 3.8) is 0 Å². The van der Waals surface area contributed by atoms with Gasteiger partial charge in [0.2, 0.25) is 18.6 Å². The van der Waals surface area contributed by atoms with E-state index in [4.69, 9.17) is 9.47 Å². The van der Waals surface area contributed by atoms with Crippen molar-refractivity contribution in [1.29, 1.82) is 0 Å². The molecule has 0 unspecified atom stereocenters. The summed E-state index contributed by atoms with van der Waals surface area (Å²) in [5.41, 5.74) is 0.593. The number of anilines is 1. The van der Waals surface area contributed by atoms with Gasteiger partial charge in [-0.3, -0.25) is 9.59 Å². The van der Waals surface area contributed by atoms with Crippen molar-refractivity contribution >= 4 is 17.5 Å². The minimum Gasteiger partial charge on any atom is -0.454 e. The number of rotatable bonds is 6. The zero-order chi connectivity index (χ0) is 19.1. The first-order valence-electron chi connectivity index (χ1n) is 10.6. The minimum absolute atomic E-state index is 0.0529. The number of amides is 2. The van der Waals surface area contributed by atoms with Gasteiger partial charge in [0.15, 0.2) is 11.5 Å². The number of carbonyl (C=O) groups is 2. The molecular formula is C22H28N2O4. The maximum Gasteiger partial charge on any atom is 0.231 e. The van der Waals surface area contributed by atoms with Crippen LogP contribution in [0, 0.1) is 23.2 Å². The lowest BCUT2D eigenvalue weighted by Crippen LogP contribution is -2.53. The van der Waals surface area contributed by atoms with Crippen molar-refractivity contribution in [1.82, 2.24) is 5.32 Å². The van der Waals surface area contributed by atoms with E-state index in [1.165, 1.54) is 19.3 Å². The third-order valence-corrected chi connectivity index (χ3v) is 7.04. The van der Waals surface area contributed by atoms with Crippen LogP contribution in [-0.4, -0.2) is 25.2 Å². The number of benzene rings is 1. The molecule has 0 aromatic heterocycles. The van der Waals surface area contributed by atoms with Gasteiger partial charge in [-0.05, 0) is 74.8 Å². The Morgan fingerprint density at radius 1 is 1.00 bits per heavy atom. The van der Waals surface area contributed by atoms with Gasteiger partial charge >= 0.3 is 0 Å². The maximum absolute atomic E-state index is 12.9. The third-order valence-electron chi connectivity index (χ3n) is 7.04. The smallest absolute Gasteiger partial charge is 0.231 e. The van der Waals surface area contributed by atoms with Gasteiger partial charge in [0.25, 0.3) is 0 Å².